The zero-order valence-corrected chi connectivity index (χ0v) is 12.2. The van der Waals surface area contributed by atoms with Crippen molar-refractivity contribution < 1.29 is 24.2 Å². The van der Waals surface area contributed by atoms with Gasteiger partial charge in [-0.15, -0.1) is 0 Å². The molecular formula is C16H19NO5. The zero-order valence-electron chi connectivity index (χ0n) is 12.2. The second-order valence-electron chi connectivity index (χ2n) is 4.88. The summed E-state index contributed by atoms with van der Waals surface area (Å²) in [6, 6.07) is 9.51. The minimum atomic E-state index is -1.01. The van der Waals surface area contributed by atoms with E-state index in [0.29, 0.717) is 23.6 Å². The topological polar surface area (TPSA) is 91.9 Å². The quantitative estimate of drug-likeness (QED) is 0.690. The van der Waals surface area contributed by atoms with E-state index in [1.165, 1.54) is 6.26 Å². The molecule has 2 rings (SSSR count). The number of ether oxygens (including phenoxy) is 1. The van der Waals surface area contributed by atoms with E-state index in [1.807, 2.05) is 0 Å². The van der Waals surface area contributed by atoms with Crippen LogP contribution in [0.25, 0.3) is 0 Å². The molecule has 1 aromatic heterocycles. The molecular weight excluding hydrogens is 286 g/mol. The first-order chi connectivity index (χ1) is 10.6. The number of aliphatic carboxylic acids is 1. The Kier molecular flexibility index (Phi) is 5.57. The molecule has 0 saturated carbocycles. The molecule has 0 amide bonds. The average Bonchev–Trinajstić information content (AvgIpc) is 3.04. The number of carbonyl (C=O) groups is 1. The van der Waals surface area contributed by atoms with Crippen LogP contribution in [-0.4, -0.2) is 29.3 Å². The van der Waals surface area contributed by atoms with Crippen LogP contribution in [0.5, 0.6) is 5.75 Å². The number of carboxylic acids is 1. The summed E-state index contributed by atoms with van der Waals surface area (Å²) >= 11 is 0. The second-order valence-corrected chi connectivity index (χ2v) is 4.88. The fourth-order valence-corrected chi connectivity index (χ4v) is 2.09. The largest absolute Gasteiger partial charge is 0.497 e. The molecule has 0 spiro atoms. The molecule has 0 aliphatic rings. The van der Waals surface area contributed by atoms with Crippen molar-refractivity contribution in [1.82, 2.24) is 5.32 Å². The number of nitrogens with one attached hydrogen (secondary N) is 1. The Balaban J connectivity index is 1.95. The maximum atomic E-state index is 11.3. The van der Waals surface area contributed by atoms with Crippen molar-refractivity contribution in [2.24, 2.45) is 0 Å². The summed E-state index contributed by atoms with van der Waals surface area (Å²) in [4.78, 5) is 11.3. The van der Waals surface area contributed by atoms with Crippen molar-refractivity contribution in [3.63, 3.8) is 0 Å². The summed E-state index contributed by atoms with van der Waals surface area (Å²) in [6.07, 6.45) is 0.706. The molecule has 0 saturated heterocycles. The first-order valence-corrected chi connectivity index (χ1v) is 6.90. The fourth-order valence-electron chi connectivity index (χ4n) is 2.09. The summed E-state index contributed by atoms with van der Waals surface area (Å²) in [5.41, 5.74) is 0.645. The molecule has 22 heavy (non-hydrogen) atoms. The van der Waals surface area contributed by atoms with Gasteiger partial charge in [-0.3, -0.25) is 10.1 Å². The molecule has 0 bridgehead atoms. The lowest BCUT2D eigenvalue weighted by atomic mass is 10.0. The highest BCUT2D eigenvalue weighted by Crippen LogP contribution is 2.21. The Labute approximate surface area is 128 Å². The smallest absolute Gasteiger partial charge is 0.320 e. The standard InChI is InChI=1S/C16H19NO5/c1-21-12-6-4-11(5-7-12)15(18)9-14(16(19)20)17-10-13-3-2-8-22-13/h2-8,14-15,17-18H,9-10H2,1H3,(H,19,20)/t14-,15+/m0/s1. The third-order valence-electron chi connectivity index (χ3n) is 3.36. The third kappa shape index (κ3) is 4.34. The number of hydrogen-bond acceptors (Lipinski definition) is 5. The maximum Gasteiger partial charge on any atom is 0.320 e. The van der Waals surface area contributed by atoms with Crippen LogP contribution < -0.4 is 10.1 Å². The number of benzene rings is 1. The molecule has 2 aromatic rings. The first-order valence-electron chi connectivity index (χ1n) is 6.90. The number of furan rings is 1. The first kappa shape index (κ1) is 16.1. The predicted octanol–water partition coefficient (Wildman–Crippen LogP) is 1.95. The van der Waals surface area contributed by atoms with Crippen LogP contribution in [0.1, 0.15) is 23.8 Å². The van der Waals surface area contributed by atoms with Crippen LogP contribution in [0, 0.1) is 0 Å². The highest BCUT2D eigenvalue weighted by atomic mass is 16.5. The van der Waals surface area contributed by atoms with Crippen molar-refractivity contribution in [1.29, 1.82) is 0 Å². The van der Waals surface area contributed by atoms with Crippen LogP contribution in [0.15, 0.2) is 47.1 Å². The van der Waals surface area contributed by atoms with Gasteiger partial charge in [0.15, 0.2) is 0 Å². The lowest BCUT2D eigenvalue weighted by Crippen LogP contribution is -2.37. The molecule has 0 fully saturated rings. The molecule has 0 aliphatic heterocycles. The van der Waals surface area contributed by atoms with Gasteiger partial charge in [0.1, 0.15) is 17.6 Å². The molecule has 1 heterocycles. The molecule has 118 valence electrons. The van der Waals surface area contributed by atoms with E-state index in [0.717, 1.165) is 0 Å². The lowest BCUT2D eigenvalue weighted by molar-refractivity contribution is -0.140. The average molecular weight is 305 g/mol. The van der Waals surface area contributed by atoms with Gasteiger partial charge in [-0.25, -0.2) is 0 Å². The fraction of sp³-hybridized carbons (Fsp3) is 0.312. The van der Waals surface area contributed by atoms with Gasteiger partial charge in [0, 0.05) is 6.42 Å². The van der Waals surface area contributed by atoms with E-state index >= 15 is 0 Å². The Hall–Kier alpha value is -2.31. The van der Waals surface area contributed by atoms with E-state index in [9.17, 15) is 15.0 Å². The second kappa shape index (κ2) is 7.63. The van der Waals surface area contributed by atoms with Crippen molar-refractivity contribution in [2.45, 2.75) is 25.1 Å². The van der Waals surface area contributed by atoms with Crippen molar-refractivity contribution in [3.05, 3.63) is 54.0 Å². The van der Waals surface area contributed by atoms with Gasteiger partial charge in [-0.1, -0.05) is 12.1 Å². The van der Waals surface area contributed by atoms with Gasteiger partial charge in [-0.2, -0.15) is 0 Å². The SMILES string of the molecule is COc1ccc([C@H](O)C[C@H](NCc2ccco2)C(=O)O)cc1. The minimum Gasteiger partial charge on any atom is -0.497 e. The number of methoxy groups -OCH3 is 1. The summed E-state index contributed by atoms with van der Waals surface area (Å²) in [7, 11) is 1.56. The van der Waals surface area contributed by atoms with E-state index in [1.54, 1.807) is 43.5 Å². The maximum absolute atomic E-state index is 11.3. The molecule has 6 nitrogen and oxygen atoms in total. The predicted molar refractivity (Wildman–Crippen MR) is 79.5 cm³/mol. The summed E-state index contributed by atoms with van der Waals surface area (Å²) in [5, 5.41) is 22.3. The highest BCUT2D eigenvalue weighted by molar-refractivity contribution is 5.73. The summed E-state index contributed by atoms with van der Waals surface area (Å²) in [6.45, 7) is 0.291. The van der Waals surface area contributed by atoms with Gasteiger partial charge >= 0.3 is 5.97 Å². The van der Waals surface area contributed by atoms with Crippen LogP contribution in [0.2, 0.25) is 0 Å². The van der Waals surface area contributed by atoms with E-state index in [2.05, 4.69) is 5.32 Å². The molecule has 1 aromatic carbocycles. The lowest BCUT2D eigenvalue weighted by Gasteiger charge is -2.18. The monoisotopic (exact) mass is 305 g/mol. The number of carboxylic acid groups (broad SMARTS) is 1. The van der Waals surface area contributed by atoms with Crippen molar-refractivity contribution in [3.8, 4) is 5.75 Å². The van der Waals surface area contributed by atoms with E-state index in [-0.39, 0.29) is 6.42 Å². The Bertz CT molecular complexity index is 579. The highest BCUT2D eigenvalue weighted by Gasteiger charge is 2.22. The van der Waals surface area contributed by atoms with Gasteiger partial charge in [0.05, 0.1) is 26.0 Å². The van der Waals surface area contributed by atoms with Crippen LogP contribution >= 0.6 is 0 Å². The van der Waals surface area contributed by atoms with Crippen LogP contribution in [0.4, 0.5) is 0 Å². The molecule has 3 N–H and O–H groups in total. The number of rotatable bonds is 8. The van der Waals surface area contributed by atoms with Gasteiger partial charge in [-0.05, 0) is 29.8 Å². The molecule has 0 radical (unpaired) electrons. The Morgan fingerprint density at radius 3 is 2.59 bits per heavy atom. The number of aliphatic hydroxyl groups is 1. The number of hydrogen-bond donors (Lipinski definition) is 3. The molecule has 2 atom stereocenters. The normalized spacial score (nSPS) is 13.5. The van der Waals surface area contributed by atoms with Gasteiger partial charge in [0.25, 0.3) is 0 Å². The Morgan fingerprint density at radius 2 is 2.05 bits per heavy atom. The number of aliphatic hydroxyl groups excluding tert-OH is 1. The van der Waals surface area contributed by atoms with Crippen molar-refractivity contribution in [2.75, 3.05) is 7.11 Å². The Morgan fingerprint density at radius 1 is 1.32 bits per heavy atom. The van der Waals surface area contributed by atoms with Crippen LogP contribution in [0.3, 0.4) is 0 Å². The minimum absolute atomic E-state index is 0.0579. The van der Waals surface area contributed by atoms with Crippen molar-refractivity contribution >= 4 is 5.97 Å². The molecule has 0 unspecified atom stereocenters. The third-order valence-corrected chi connectivity index (χ3v) is 3.36. The van der Waals surface area contributed by atoms with Gasteiger partial charge < -0.3 is 19.4 Å². The van der Waals surface area contributed by atoms with Crippen LogP contribution in [-0.2, 0) is 11.3 Å². The van der Waals surface area contributed by atoms with Gasteiger partial charge in [0.2, 0.25) is 0 Å². The van der Waals surface area contributed by atoms with E-state index in [4.69, 9.17) is 9.15 Å². The summed E-state index contributed by atoms with van der Waals surface area (Å²) < 4.78 is 10.2. The zero-order chi connectivity index (χ0) is 15.9. The molecule has 6 heteroatoms. The van der Waals surface area contributed by atoms with E-state index < -0.39 is 18.1 Å². The summed E-state index contributed by atoms with van der Waals surface area (Å²) in [5.74, 6) is 0.311. The molecule has 0 aliphatic carbocycles.